The van der Waals surface area contributed by atoms with Crippen molar-refractivity contribution in [2.24, 2.45) is 0 Å². The molecule has 0 aliphatic heterocycles. The van der Waals surface area contributed by atoms with Crippen molar-refractivity contribution in [3.8, 4) is 0 Å². The molecule has 5 nitrogen and oxygen atoms in total. The van der Waals surface area contributed by atoms with Crippen LogP contribution in [0.15, 0.2) is 24.3 Å². The molecule has 0 atom stereocenters. The number of nitrogens with one attached hydrogen (secondary N) is 1. The smallest absolute Gasteiger partial charge is 0.303 e. The highest BCUT2D eigenvalue weighted by atomic mass is 35.5. The van der Waals surface area contributed by atoms with Gasteiger partial charge < -0.3 is 10.4 Å². The van der Waals surface area contributed by atoms with Gasteiger partial charge in [0.05, 0.1) is 6.54 Å². The van der Waals surface area contributed by atoms with Crippen LogP contribution in [0.5, 0.6) is 0 Å². The maximum Gasteiger partial charge on any atom is 0.303 e. The van der Waals surface area contributed by atoms with Crippen LogP contribution in [0.4, 0.5) is 5.69 Å². The molecular weight excluding hydrogens is 292 g/mol. The molecule has 0 unspecified atom stereocenters. The first-order valence-corrected chi connectivity index (χ1v) is 6.74. The van der Waals surface area contributed by atoms with Gasteiger partial charge >= 0.3 is 5.97 Å². The molecular formula is C15H23ClN2O3. The van der Waals surface area contributed by atoms with Crippen LogP contribution in [0.2, 0.25) is 0 Å². The number of anilines is 1. The monoisotopic (exact) mass is 314 g/mol. The highest BCUT2D eigenvalue weighted by Crippen LogP contribution is 2.08. The van der Waals surface area contributed by atoms with Crippen LogP contribution in [0.1, 0.15) is 24.8 Å². The van der Waals surface area contributed by atoms with E-state index in [0.717, 1.165) is 17.7 Å². The van der Waals surface area contributed by atoms with E-state index >= 15 is 0 Å². The van der Waals surface area contributed by atoms with Crippen LogP contribution in [0.3, 0.4) is 0 Å². The number of carboxylic acids is 1. The number of rotatable bonds is 8. The van der Waals surface area contributed by atoms with Crippen molar-refractivity contribution >= 4 is 30.0 Å². The first-order valence-electron chi connectivity index (χ1n) is 6.74. The number of benzene rings is 1. The largest absolute Gasteiger partial charge is 0.481 e. The number of amides is 1. The molecule has 0 aliphatic rings. The number of aryl methyl sites for hydroxylation is 1. The number of carbonyl (C=O) groups excluding carboxylic acids is 1. The average Bonchev–Trinajstić information content (AvgIpc) is 2.37. The van der Waals surface area contributed by atoms with E-state index in [1.165, 1.54) is 0 Å². The number of likely N-dealkylation sites (N-methyl/N-ethyl adjacent to an activating group) is 1. The molecule has 6 heteroatoms. The van der Waals surface area contributed by atoms with Crippen molar-refractivity contribution in [2.45, 2.75) is 26.2 Å². The fourth-order valence-corrected chi connectivity index (χ4v) is 1.82. The normalized spacial score (nSPS) is 10.0. The number of aliphatic carboxylic acids is 1. The molecule has 1 aromatic carbocycles. The van der Waals surface area contributed by atoms with Gasteiger partial charge in [-0.3, -0.25) is 14.5 Å². The van der Waals surface area contributed by atoms with E-state index in [-0.39, 0.29) is 24.7 Å². The minimum Gasteiger partial charge on any atom is -0.481 e. The molecule has 0 heterocycles. The van der Waals surface area contributed by atoms with Gasteiger partial charge in [0.15, 0.2) is 0 Å². The first-order chi connectivity index (χ1) is 9.47. The van der Waals surface area contributed by atoms with Gasteiger partial charge in [0.2, 0.25) is 5.91 Å². The van der Waals surface area contributed by atoms with Crippen LogP contribution in [-0.2, 0) is 9.59 Å². The maximum absolute atomic E-state index is 11.8. The lowest BCUT2D eigenvalue weighted by atomic mass is 10.2. The van der Waals surface area contributed by atoms with Crippen molar-refractivity contribution in [3.05, 3.63) is 29.8 Å². The third kappa shape index (κ3) is 9.05. The zero-order valence-electron chi connectivity index (χ0n) is 12.5. The van der Waals surface area contributed by atoms with E-state index in [0.29, 0.717) is 19.5 Å². The van der Waals surface area contributed by atoms with Gasteiger partial charge in [0.1, 0.15) is 0 Å². The van der Waals surface area contributed by atoms with Crippen LogP contribution >= 0.6 is 12.4 Å². The van der Waals surface area contributed by atoms with Crippen LogP contribution in [0, 0.1) is 6.92 Å². The predicted octanol–water partition coefficient (Wildman–Crippen LogP) is 2.54. The number of halogens is 1. The Morgan fingerprint density at radius 3 is 2.38 bits per heavy atom. The Kier molecular flexibility index (Phi) is 9.41. The average molecular weight is 315 g/mol. The lowest BCUT2D eigenvalue weighted by molar-refractivity contribution is -0.137. The second-order valence-corrected chi connectivity index (χ2v) is 5.00. The molecule has 1 rings (SSSR count). The van der Waals surface area contributed by atoms with Crippen molar-refractivity contribution in [3.63, 3.8) is 0 Å². The Hall–Kier alpha value is -1.59. The number of hydrogen-bond acceptors (Lipinski definition) is 3. The van der Waals surface area contributed by atoms with Crippen LogP contribution in [-0.4, -0.2) is 42.0 Å². The summed E-state index contributed by atoms with van der Waals surface area (Å²) in [5.41, 5.74) is 1.94. The van der Waals surface area contributed by atoms with Gasteiger partial charge in [0.25, 0.3) is 0 Å². The predicted molar refractivity (Wildman–Crippen MR) is 86.0 cm³/mol. The molecule has 0 bridgehead atoms. The first kappa shape index (κ1) is 19.4. The molecule has 1 aromatic rings. The van der Waals surface area contributed by atoms with Gasteiger partial charge in [-0.2, -0.15) is 0 Å². The standard InChI is InChI=1S/C15H22N2O3.ClH/c1-12-6-8-13(9-7-12)16-14(18)11-17(2)10-4-3-5-15(19)20;/h6-9H,3-5,10-11H2,1-2H3,(H,16,18)(H,19,20);1H. The summed E-state index contributed by atoms with van der Waals surface area (Å²) < 4.78 is 0. The molecule has 2 N–H and O–H groups in total. The molecule has 0 radical (unpaired) electrons. The highest BCUT2D eigenvalue weighted by molar-refractivity contribution is 5.92. The second kappa shape index (κ2) is 10.2. The summed E-state index contributed by atoms with van der Waals surface area (Å²) in [7, 11) is 1.86. The minimum atomic E-state index is -0.773. The fourth-order valence-electron chi connectivity index (χ4n) is 1.82. The van der Waals surface area contributed by atoms with Crippen molar-refractivity contribution in [1.29, 1.82) is 0 Å². The molecule has 21 heavy (non-hydrogen) atoms. The zero-order chi connectivity index (χ0) is 15.0. The fraction of sp³-hybridized carbons (Fsp3) is 0.467. The Morgan fingerprint density at radius 1 is 1.19 bits per heavy atom. The van der Waals surface area contributed by atoms with Gasteiger partial charge in [-0.25, -0.2) is 0 Å². The summed E-state index contributed by atoms with van der Waals surface area (Å²) in [6, 6.07) is 7.65. The van der Waals surface area contributed by atoms with Gasteiger partial charge in [-0.15, -0.1) is 12.4 Å². The summed E-state index contributed by atoms with van der Waals surface area (Å²) in [6.07, 6.45) is 1.60. The number of unbranched alkanes of at least 4 members (excludes halogenated alkanes) is 1. The Morgan fingerprint density at radius 2 is 1.81 bits per heavy atom. The molecule has 0 spiro atoms. The Labute approximate surface area is 131 Å². The van der Waals surface area contributed by atoms with Crippen LogP contribution in [0.25, 0.3) is 0 Å². The van der Waals surface area contributed by atoms with E-state index in [4.69, 9.17) is 5.11 Å². The molecule has 1 amide bonds. The number of nitrogens with zero attached hydrogens (tertiary/aromatic N) is 1. The van der Waals surface area contributed by atoms with Crippen molar-refractivity contribution < 1.29 is 14.7 Å². The van der Waals surface area contributed by atoms with E-state index < -0.39 is 5.97 Å². The summed E-state index contributed by atoms with van der Waals surface area (Å²) in [4.78, 5) is 24.1. The SMILES string of the molecule is Cc1ccc(NC(=O)CN(C)CCCCC(=O)O)cc1.Cl. The maximum atomic E-state index is 11.8. The third-order valence-corrected chi connectivity index (χ3v) is 2.93. The number of carboxylic acid groups (broad SMARTS) is 1. The van der Waals surface area contributed by atoms with E-state index in [9.17, 15) is 9.59 Å². The number of carbonyl (C=O) groups is 2. The second-order valence-electron chi connectivity index (χ2n) is 5.00. The van der Waals surface area contributed by atoms with E-state index in [2.05, 4.69) is 5.32 Å². The highest BCUT2D eigenvalue weighted by Gasteiger charge is 2.07. The summed E-state index contributed by atoms with van der Waals surface area (Å²) in [5.74, 6) is -0.834. The summed E-state index contributed by atoms with van der Waals surface area (Å²) >= 11 is 0. The minimum absolute atomic E-state index is 0. The quantitative estimate of drug-likeness (QED) is 0.723. The van der Waals surface area contributed by atoms with E-state index in [1.54, 1.807) is 0 Å². The Bertz CT molecular complexity index is 449. The van der Waals surface area contributed by atoms with Crippen LogP contribution < -0.4 is 5.32 Å². The Balaban J connectivity index is 0.00000400. The van der Waals surface area contributed by atoms with E-state index in [1.807, 2.05) is 43.1 Å². The molecule has 0 saturated carbocycles. The topological polar surface area (TPSA) is 69.6 Å². The number of hydrogen-bond donors (Lipinski definition) is 2. The van der Waals surface area contributed by atoms with Crippen molar-refractivity contribution in [2.75, 3.05) is 25.5 Å². The lowest BCUT2D eigenvalue weighted by Gasteiger charge is -2.16. The summed E-state index contributed by atoms with van der Waals surface area (Å²) in [6.45, 7) is 3.02. The van der Waals surface area contributed by atoms with Crippen molar-refractivity contribution in [1.82, 2.24) is 4.90 Å². The molecule has 118 valence electrons. The lowest BCUT2D eigenvalue weighted by Crippen LogP contribution is -2.30. The van der Waals surface area contributed by atoms with Gasteiger partial charge in [-0.05, 0) is 45.5 Å². The van der Waals surface area contributed by atoms with Gasteiger partial charge in [0, 0.05) is 12.1 Å². The van der Waals surface area contributed by atoms with Gasteiger partial charge in [-0.1, -0.05) is 17.7 Å². The summed E-state index contributed by atoms with van der Waals surface area (Å²) in [5, 5.41) is 11.4. The molecule has 0 aromatic heterocycles. The molecule has 0 saturated heterocycles. The molecule has 0 fully saturated rings. The zero-order valence-corrected chi connectivity index (χ0v) is 13.3. The molecule has 0 aliphatic carbocycles. The third-order valence-electron chi connectivity index (χ3n) is 2.93.